The van der Waals surface area contributed by atoms with Crippen LogP contribution in [-0.4, -0.2) is 47.9 Å². The van der Waals surface area contributed by atoms with Gasteiger partial charge in [-0.3, -0.25) is 0 Å². The molecule has 0 aromatic rings. The maximum absolute atomic E-state index is 12.3. The van der Waals surface area contributed by atoms with E-state index in [1.54, 1.807) is 0 Å². The molecule has 126 valence electrons. The molecule has 2 aliphatic rings. The predicted molar refractivity (Wildman–Crippen MR) is 82.8 cm³/mol. The molecule has 2 rings (SSSR count). The van der Waals surface area contributed by atoms with E-state index in [0.29, 0.717) is 18.3 Å². The smallest absolute Gasteiger partial charge is 0.409 e. The first kappa shape index (κ1) is 16.9. The fourth-order valence-corrected chi connectivity index (χ4v) is 2.53. The third kappa shape index (κ3) is 6.54. The molecule has 2 saturated carbocycles. The Labute approximate surface area is 132 Å². The number of hydrogen-bond acceptors (Lipinski definition) is 3. The number of nitrogens with zero attached hydrogens (tertiary/aromatic N) is 1. The molecule has 22 heavy (non-hydrogen) atoms. The Morgan fingerprint density at radius 3 is 2.27 bits per heavy atom. The van der Waals surface area contributed by atoms with E-state index in [-0.39, 0.29) is 18.7 Å². The van der Waals surface area contributed by atoms with E-state index in [4.69, 9.17) is 9.84 Å². The second-order valence-corrected chi connectivity index (χ2v) is 6.66. The van der Waals surface area contributed by atoms with Gasteiger partial charge in [-0.25, -0.2) is 9.59 Å². The summed E-state index contributed by atoms with van der Waals surface area (Å²) in [6, 6.07) is -0.315. The number of carbonyl (C=O) groups is 2. The van der Waals surface area contributed by atoms with E-state index in [2.05, 4.69) is 12.2 Å². The van der Waals surface area contributed by atoms with Crippen LogP contribution >= 0.6 is 0 Å². The van der Waals surface area contributed by atoms with Gasteiger partial charge in [0, 0.05) is 13.1 Å². The van der Waals surface area contributed by atoms with Crippen molar-refractivity contribution < 1.29 is 19.4 Å². The molecule has 0 aliphatic heterocycles. The van der Waals surface area contributed by atoms with Gasteiger partial charge in [-0.2, -0.15) is 0 Å². The molecule has 0 saturated heterocycles. The molecule has 0 spiro atoms. The Kier molecular flexibility index (Phi) is 6.34. The summed E-state index contributed by atoms with van der Waals surface area (Å²) in [5.74, 6) is 1.28. The van der Waals surface area contributed by atoms with Crippen molar-refractivity contribution in [3.05, 3.63) is 0 Å². The van der Waals surface area contributed by atoms with Crippen LogP contribution in [0, 0.1) is 11.8 Å². The molecule has 0 unspecified atom stereocenters. The number of amides is 2. The lowest BCUT2D eigenvalue weighted by atomic mass is 10.1. The largest absolute Gasteiger partial charge is 0.465 e. The molecular weight excluding hydrogens is 284 g/mol. The van der Waals surface area contributed by atoms with Crippen molar-refractivity contribution in [2.24, 2.45) is 11.8 Å². The van der Waals surface area contributed by atoms with E-state index in [0.717, 1.165) is 25.9 Å². The molecule has 6 nitrogen and oxygen atoms in total. The summed E-state index contributed by atoms with van der Waals surface area (Å²) >= 11 is 0. The van der Waals surface area contributed by atoms with E-state index in [1.165, 1.54) is 25.7 Å². The second-order valence-electron chi connectivity index (χ2n) is 6.66. The Hall–Kier alpha value is -1.46. The molecular formula is C16H28N2O4. The number of carbonyl (C=O) groups excluding carboxylic acids is 1. The highest BCUT2D eigenvalue weighted by Crippen LogP contribution is 2.33. The van der Waals surface area contributed by atoms with E-state index in [1.807, 2.05) is 4.90 Å². The molecule has 2 fully saturated rings. The molecule has 1 atom stereocenters. The quantitative estimate of drug-likeness (QED) is 0.650. The van der Waals surface area contributed by atoms with Crippen LogP contribution < -0.4 is 5.32 Å². The lowest BCUT2D eigenvalue weighted by Gasteiger charge is -2.24. The molecule has 0 heterocycles. The highest BCUT2D eigenvalue weighted by atomic mass is 16.6. The molecule has 6 heteroatoms. The Morgan fingerprint density at radius 2 is 1.82 bits per heavy atom. The first-order valence-corrected chi connectivity index (χ1v) is 8.49. The number of ether oxygens (including phenoxy) is 1. The van der Waals surface area contributed by atoms with Gasteiger partial charge in [-0.15, -0.1) is 0 Å². The van der Waals surface area contributed by atoms with Gasteiger partial charge in [0.2, 0.25) is 0 Å². The summed E-state index contributed by atoms with van der Waals surface area (Å²) in [6.07, 6.45) is 6.06. The van der Waals surface area contributed by atoms with Gasteiger partial charge < -0.3 is 20.1 Å². The second kappa shape index (κ2) is 8.25. The summed E-state index contributed by atoms with van der Waals surface area (Å²) in [6.45, 7) is 3.76. The van der Waals surface area contributed by atoms with E-state index in [9.17, 15) is 9.59 Å². The van der Waals surface area contributed by atoms with Gasteiger partial charge in [0.1, 0.15) is 6.61 Å². The highest BCUT2D eigenvalue weighted by molar-refractivity contribution is 5.68. The van der Waals surface area contributed by atoms with E-state index < -0.39 is 6.09 Å². The first-order valence-electron chi connectivity index (χ1n) is 8.49. The summed E-state index contributed by atoms with van der Waals surface area (Å²) in [5.41, 5.74) is 0. The van der Waals surface area contributed by atoms with Crippen molar-refractivity contribution in [3.63, 3.8) is 0 Å². The third-order valence-electron chi connectivity index (χ3n) is 4.25. The van der Waals surface area contributed by atoms with Crippen LogP contribution in [-0.2, 0) is 4.74 Å². The Balaban J connectivity index is 1.76. The van der Waals surface area contributed by atoms with Crippen LogP contribution in [0.1, 0.15) is 51.9 Å². The maximum Gasteiger partial charge on any atom is 0.409 e. The predicted octanol–water partition coefficient (Wildman–Crippen LogP) is 3.07. The Morgan fingerprint density at radius 1 is 1.23 bits per heavy atom. The van der Waals surface area contributed by atoms with Crippen molar-refractivity contribution >= 4 is 12.2 Å². The number of nitrogens with one attached hydrogen (secondary N) is 1. The van der Waals surface area contributed by atoms with Crippen LogP contribution in [0.5, 0.6) is 0 Å². The van der Waals surface area contributed by atoms with Crippen molar-refractivity contribution in [2.45, 2.75) is 57.9 Å². The van der Waals surface area contributed by atoms with Gasteiger partial charge in [0.05, 0.1) is 6.04 Å². The molecule has 2 N–H and O–H groups in total. The first-order chi connectivity index (χ1) is 10.6. The molecule has 0 radical (unpaired) electrons. The average molecular weight is 312 g/mol. The zero-order valence-electron chi connectivity index (χ0n) is 13.4. The number of rotatable bonds is 10. The van der Waals surface area contributed by atoms with Crippen LogP contribution in [0.25, 0.3) is 0 Å². The molecule has 2 aliphatic carbocycles. The molecule has 2 amide bonds. The van der Waals surface area contributed by atoms with Crippen LogP contribution in [0.15, 0.2) is 0 Å². The van der Waals surface area contributed by atoms with Crippen molar-refractivity contribution in [1.29, 1.82) is 0 Å². The maximum atomic E-state index is 12.3. The van der Waals surface area contributed by atoms with Crippen LogP contribution in [0.3, 0.4) is 0 Å². The number of unbranched alkanes of at least 4 members (excludes halogenated alkanes) is 1. The van der Waals surface area contributed by atoms with Gasteiger partial charge in [-0.1, -0.05) is 19.8 Å². The lowest BCUT2D eigenvalue weighted by Crippen LogP contribution is -2.41. The van der Waals surface area contributed by atoms with Gasteiger partial charge in [0.15, 0.2) is 0 Å². The zero-order chi connectivity index (χ0) is 15.9. The van der Waals surface area contributed by atoms with Crippen molar-refractivity contribution in [3.8, 4) is 0 Å². The van der Waals surface area contributed by atoms with Crippen LogP contribution in [0.2, 0.25) is 0 Å². The number of hydrogen-bond donors (Lipinski definition) is 2. The fraction of sp³-hybridized carbons (Fsp3) is 0.875. The minimum Gasteiger partial charge on any atom is -0.465 e. The fourth-order valence-electron chi connectivity index (χ4n) is 2.53. The lowest BCUT2D eigenvalue weighted by molar-refractivity contribution is 0.0873. The van der Waals surface area contributed by atoms with E-state index >= 15 is 0 Å². The zero-order valence-corrected chi connectivity index (χ0v) is 13.4. The van der Waals surface area contributed by atoms with Crippen LogP contribution in [0.4, 0.5) is 9.59 Å². The Bertz CT molecular complexity index is 366. The summed E-state index contributed by atoms with van der Waals surface area (Å²) in [4.78, 5) is 24.9. The van der Waals surface area contributed by atoms with Gasteiger partial charge in [-0.05, 0) is 43.9 Å². The minimum absolute atomic E-state index is 0.122. The van der Waals surface area contributed by atoms with Crippen molar-refractivity contribution in [2.75, 3.05) is 19.7 Å². The topological polar surface area (TPSA) is 78.9 Å². The minimum atomic E-state index is -1.06. The van der Waals surface area contributed by atoms with Gasteiger partial charge in [0.25, 0.3) is 0 Å². The molecule has 0 aromatic heterocycles. The van der Waals surface area contributed by atoms with Crippen molar-refractivity contribution in [1.82, 2.24) is 10.2 Å². The standard InChI is InChI=1S/C16H28N2O4/c1-2-3-4-14(17-15(19)20)11-22-16(21)18(9-12-5-6-12)10-13-7-8-13/h12-14,17H,2-11H2,1H3,(H,19,20)/t14-/m0/s1. The monoisotopic (exact) mass is 312 g/mol. The molecule has 0 bridgehead atoms. The SMILES string of the molecule is CCCC[C@@H](COC(=O)N(CC1CC1)CC1CC1)NC(=O)O. The normalized spacial score (nSPS) is 18.6. The summed E-state index contributed by atoms with van der Waals surface area (Å²) < 4.78 is 5.38. The summed E-state index contributed by atoms with van der Waals surface area (Å²) in [7, 11) is 0. The molecule has 0 aromatic carbocycles. The van der Waals surface area contributed by atoms with Gasteiger partial charge >= 0.3 is 12.2 Å². The summed E-state index contributed by atoms with van der Waals surface area (Å²) in [5, 5.41) is 11.3. The third-order valence-corrected chi connectivity index (χ3v) is 4.25. The average Bonchev–Trinajstić information content (AvgIpc) is 3.35. The highest BCUT2D eigenvalue weighted by Gasteiger charge is 2.32. The number of carboxylic acid groups (broad SMARTS) is 1.